The zero-order chi connectivity index (χ0) is 15.8. The average molecular weight is 361 g/mol. The van der Waals surface area contributed by atoms with Crippen LogP contribution < -0.4 is 10.6 Å². The number of anilines is 1. The molecule has 0 fully saturated rings. The first-order valence-corrected chi connectivity index (χ1v) is 7.83. The first kappa shape index (κ1) is 16.2. The van der Waals surface area contributed by atoms with Gasteiger partial charge in [0.2, 0.25) is 0 Å². The van der Waals surface area contributed by atoms with Gasteiger partial charge < -0.3 is 10.6 Å². The molecule has 4 nitrogen and oxygen atoms in total. The zero-order valence-corrected chi connectivity index (χ0v) is 13.6. The van der Waals surface area contributed by atoms with Crippen molar-refractivity contribution in [3.05, 3.63) is 64.6 Å². The zero-order valence-electron chi connectivity index (χ0n) is 12.0. The molecule has 0 bridgehead atoms. The van der Waals surface area contributed by atoms with E-state index in [1.807, 2.05) is 30.3 Å². The average Bonchev–Trinajstić information content (AvgIpc) is 2.54. The van der Waals surface area contributed by atoms with Gasteiger partial charge in [0.25, 0.3) is 0 Å². The number of carbonyl (C=O) groups excluding carboxylic acids is 2. The largest absolute Gasteiger partial charge is 0.348 e. The predicted octanol–water partition coefficient (Wildman–Crippen LogP) is 3.14. The molecule has 0 spiro atoms. The molecule has 0 heterocycles. The number of nitrogens with one attached hydrogen (secondary N) is 2. The summed E-state index contributed by atoms with van der Waals surface area (Å²) in [5, 5.41) is 5.18. The van der Waals surface area contributed by atoms with Gasteiger partial charge in [-0.25, -0.2) is 0 Å². The van der Waals surface area contributed by atoms with Crippen molar-refractivity contribution >= 4 is 33.4 Å². The van der Waals surface area contributed by atoms with Gasteiger partial charge in [0, 0.05) is 16.7 Å². The highest BCUT2D eigenvalue weighted by atomic mass is 79.9. The molecular weight excluding hydrogens is 344 g/mol. The van der Waals surface area contributed by atoms with Crippen LogP contribution in [0.2, 0.25) is 0 Å². The Bertz CT molecular complexity index is 627. The van der Waals surface area contributed by atoms with Crippen LogP contribution >= 0.6 is 15.9 Å². The van der Waals surface area contributed by atoms with Crippen LogP contribution in [0, 0.1) is 0 Å². The monoisotopic (exact) mass is 360 g/mol. The third-order valence-corrected chi connectivity index (χ3v) is 3.61. The maximum absolute atomic E-state index is 11.7. The Morgan fingerprint density at radius 2 is 1.59 bits per heavy atom. The van der Waals surface area contributed by atoms with Gasteiger partial charge >= 0.3 is 11.8 Å². The van der Waals surface area contributed by atoms with Crippen LogP contribution in [0.3, 0.4) is 0 Å². The van der Waals surface area contributed by atoms with Gasteiger partial charge in [0.1, 0.15) is 0 Å². The van der Waals surface area contributed by atoms with Gasteiger partial charge in [-0.15, -0.1) is 0 Å². The molecule has 0 aliphatic carbocycles. The molecule has 22 heavy (non-hydrogen) atoms. The minimum atomic E-state index is -0.651. The number of aryl methyl sites for hydroxylation is 1. The van der Waals surface area contributed by atoms with Crippen molar-refractivity contribution in [3.63, 3.8) is 0 Å². The summed E-state index contributed by atoms with van der Waals surface area (Å²) in [5.74, 6) is -1.27. The summed E-state index contributed by atoms with van der Waals surface area (Å²) >= 11 is 3.31. The van der Waals surface area contributed by atoms with Crippen molar-refractivity contribution in [1.82, 2.24) is 5.32 Å². The summed E-state index contributed by atoms with van der Waals surface area (Å²) in [5.41, 5.74) is 1.81. The summed E-state index contributed by atoms with van der Waals surface area (Å²) in [6.07, 6.45) is 1.66. The smallest absolute Gasteiger partial charge is 0.313 e. The summed E-state index contributed by atoms with van der Waals surface area (Å²) < 4.78 is 0.913. The number of amides is 2. The van der Waals surface area contributed by atoms with Crippen molar-refractivity contribution in [2.24, 2.45) is 0 Å². The molecule has 2 aromatic rings. The van der Waals surface area contributed by atoms with Gasteiger partial charge in [0.15, 0.2) is 0 Å². The van der Waals surface area contributed by atoms with Gasteiger partial charge in [-0.3, -0.25) is 9.59 Å². The molecule has 2 aromatic carbocycles. The maximum atomic E-state index is 11.7. The Balaban J connectivity index is 1.70. The second-order valence-corrected chi connectivity index (χ2v) is 5.72. The lowest BCUT2D eigenvalue weighted by Gasteiger charge is -2.06. The molecule has 0 aliphatic rings. The fourth-order valence-electron chi connectivity index (χ4n) is 1.94. The molecular formula is C17H17BrN2O2. The maximum Gasteiger partial charge on any atom is 0.313 e. The lowest BCUT2D eigenvalue weighted by molar-refractivity contribution is -0.136. The van der Waals surface area contributed by atoms with E-state index in [4.69, 9.17) is 0 Å². The lowest BCUT2D eigenvalue weighted by Crippen LogP contribution is -2.36. The number of rotatable bonds is 5. The van der Waals surface area contributed by atoms with Gasteiger partial charge in [0.05, 0.1) is 0 Å². The second-order valence-electron chi connectivity index (χ2n) is 4.81. The number of halogens is 1. The van der Waals surface area contributed by atoms with Crippen LogP contribution in [0.25, 0.3) is 0 Å². The fourth-order valence-corrected chi connectivity index (χ4v) is 2.20. The van der Waals surface area contributed by atoms with E-state index < -0.39 is 11.8 Å². The first-order chi connectivity index (χ1) is 10.6. The number of hydrogen-bond donors (Lipinski definition) is 2. The SMILES string of the molecule is O=C(NCCCc1ccccc1)C(=O)Nc1ccc(Br)cc1. The summed E-state index contributed by atoms with van der Waals surface area (Å²) in [6, 6.07) is 17.1. The van der Waals surface area contributed by atoms with Crippen LogP contribution in [0.4, 0.5) is 5.69 Å². The van der Waals surface area contributed by atoms with E-state index in [1.54, 1.807) is 24.3 Å². The summed E-state index contributed by atoms with van der Waals surface area (Å²) in [6.45, 7) is 0.474. The Morgan fingerprint density at radius 1 is 0.909 bits per heavy atom. The molecule has 2 N–H and O–H groups in total. The quantitative estimate of drug-likeness (QED) is 0.635. The Morgan fingerprint density at radius 3 is 2.27 bits per heavy atom. The van der Waals surface area contributed by atoms with E-state index in [0.29, 0.717) is 12.2 Å². The second kappa shape index (κ2) is 8.34. The molecule has 0 saturated heterocycles. The number of carbonyl (C=O) groups is 2. The van der Waals surface area contributed by atoms with Crippen molar-refractivity contribution in [2.75, 3.05) is 11.9 Å². The lowest BCUT2D eigenvalue weighted by atomic mass is 10.1. The number of benzene rings is 2. The van der Waals surface area contributed by atoms with E-state index in [9.17, 15) is 9.59 Å². The topological polar surface area (TPSA) is 58.2 Å². The molecule has 0 aromatic heterocycles. The van der Waals surface area contributed by atoms with Crippen molar-refractivity contribution in [3.8, 4) is 0 Å². The summed E-state index contributed by atoms with van der Waals surface area (Å²) in [7, 11) is 0. The predicted molar refractivity (Wildman–Crippen MR) is 90.5 cm³/mol. The molecule has 0 atom stereocenters. The van der Waals surface area contributed by atoms with Crippen LogP contribution in [-0.2, 0) is 16.0 Å². The molecule has 5 heteroatoms. The van der Waals surface area contributed by atoms with Crippen molar-refractivity contribution in [1.29, 1.82) is 0 Å². The molecule has 2 rings (SSSR count). The number of hydrogen-bond acceptors (Lipinski definition) is 2. The third-order valence-electron chi connectivity index (χ3n) is 3.08. The van der Waals surface area contributed by atoms with Crippen LogP contribution in [-0.4, -0.2) is 18.4 Å². The first-order valence-electron chi connectivity index (χ1n) is 7.04. The third kappa shape index (κ3) is 5.33. The molecule has 114 valence electrons. The highest BCUT2D eigenvalue weighted by molar-refractivity contribution is 9.10. The normalized spacial score (nSPS) is 10.0. The Kier molecular flexibility index (Phi) is 6.15. The van der Waals surface area contributed by atoms with Crippen LogP contribution in [0.1, 0.15) is 12.0 Å². The van der Waals surface area contributed by atoms with E-state index in [0.717, 1.165) is 17.3 Å². The Labute approximate surface area is 138 Å². The van der Waals surface area contributed by atoms with Crippen LogP contribution in [0.5, 0.6) is 0 Å². The van der Waals surface area contributed by atoms with Crippen molar-refractivity contribution < 1.29 is 9.59 Å². The van der Waals surface area contributed by atoms with Gasteiger partial charge in [-0.2, -0.15) is 0 Å². The standard InChI is InChI=1S/C17H17BrN2O2/c18-14-8-10-15(11-9-14)20-17(22)16(21)19-12-4-7-13-5-2-1-3-6-13/h1-3,5-6,8-11H,4,7,12H2,(H,19,21)(H,20,22). The minimum Gasteiger partial charge on any atom is -0.348 e. The van der Waals surface area contributed by atoms with E-state index in [-0.39, 0.29) is 0 Å². The molecule has 0 saturated carbocycles. The minimum absolute atomic E-state index is 0.474. The molecule has 0 aliphatic heterocycles. The van der Waals surface area contributed by atoms with E-state index in [1.165, 1.54) is 5.56 Å². The Hall–Kier alpha value is -2.14. The van der Waals surface area contributed by atoms with Crippen LogP contribution in [0.15, 0.2) is 59.1 Å². The molecule has 0 radical (unpaired) electrons. The molecule has 0 unspecified atom stereocenters. The fraction of sp³-hybridized carbons (Fsp3) is 0.176. The van der Waals surface area contributed by atoms with E-state index in [2.05, 4.69) is 26.6 Å². The van der Waals surface area contributed by atoms with E-state index >= 15 is 0 Å². The molecule has 2 amide bonds. The van der Waals surface area contributed by atoms with Gasteiger partial charge in [-0.1, -0.05) is 46.3 Å². The highest BCUT2D eigenvalue weighted by Crippen LogP contribution is 2.13. The summed E-state index contributed by atoms with van der Waals surface area (Å²) in [4.78, 5) is 23.4. The highest BCUT2D eigenvalue weighted by Gasteiger charge is 2.12. The van der Waals surface area contributed by atoms with Gasteiger partial charge in [-0.05, 0) is 42.7 Å². The van der Waals surface area contributed by atoms with Crippen molar-refractivity contribution in [2.45, 2.75) is 12.8 Å².